The minimum atomic E-state index is -4.20. The van der Waals surface area contributed by atoms with Crippen LogP contribution in [0, 0.1) is 6.92 Å². The number of urea groups is 1. The van der Waals surface area contributed by atoms with E-state index in [1.807, 2.05) is 30.3 Å². The van der Waals surface area contributed by atoms with Crippen LogP contribution in [0.4, 0.5) is 4.79 Å². The van der Waals surface area contributed by atoms with E-state index in [1.165, 1.54) is 23.0 Å². The number of aryl methyl sites for hydroxylation is 1. The van der Waals surface area contributed by atoms with Crippen molar-refractivity contribution in [1.82, 2.24) is 24.6 Å². The Morgan fingerprint density at radius 2 is 1.82 bits per heavy atom. The second kappa shape index (κ2) is 9.43. The van der Waals surface area contributed by atoms with Gasteiger partial charge in [0.25, 0.3) is 10.0 Å². The van der Waals surface area contributed by atoms with Gasteiger partial charge in [0.15, 0.2) is 0 Å². The molecule has 0 saturated carbocycles. The topological polar surface area (TPSA) is 141 Å². The van der Waals surface area contributed by atoms with Gasteiger partial charge in [0, 0.05) is 6.20 Å². The Bertz CT molecular complexity index is 1320. The molecule has 1 unspecified atom stereocenters. The summed E-state index contributed by atoms with van der Waals surface area (Å²) in [7, 11) is -4.20. The summed E-state index contributed by atoms with van der Waals surface area (Å²) in [5, 5.41) is 9.78. The zero-order chi connectivity index (χ0) is 24.3. The van der Waals surface area contributed by atoms with Crippen LogP contribution in [0.15, 0.2) is 65.7 Å². The Hall–Kier alpha value is -4.06. The van der Waals surface area contributed by atoms with Gasteiger partial charge in [0.05, 0.1) is 17.1 Å². The number of ether oxygens (including phenoxy) is 1. The standard InChI is InChI=1S/C22H21N5O6S/c1-15-7-9-17(10-8-15)34(31,32)27-11-18(21(29)23-22(27)30)19-12-26(25-24-19)13-20(28)33-14-16-5-3-2-4-6-16/h2-10,12,18H,11,13-14H2,1H3,(H,23,29,30). The van der Waals surface area contributed by atoms with Gasteiger partial charge in [-0.3, -0.25) is 14.9 Å². The monoisotopic (exact) mass is 483 g/mol. The number of carbonyl (C=O) groups excluding carboxylic acids is 3. The molecule has 11 nitrogen and oxygen atoms in total. The minimum absolute atomic E-state index is 0.0776. The molecule has 1 saturated heterocycles. The van der Waals surface area contributed by atoms with Crippen molar-refractivity contribution in [3.8, 4) is 0 Å². The van der Waals surface area contributed by atoms with E-state index in [1.54, 1.807) is 19.1 Å². The Kier molecular flexibility index (Phi) is 6.41. The van der Waals surface area contributed by atoms with Gasteiger partial charge in [-0.25, -0.2) is 22.2 Å². The Balaban J connectivity index is 1.45. The van der Waals surface area contributed by atoms with Gasteiger partial charge in [-0.15, -0.1) is 5.10 Å². The predicted octanol–water partition coefficient (Wildman–Crippen LogP) is 1.35. The number of hydrogen-bond donors (Lipinski definition) is 1. The third-order valence-electron chi connectivity index (χ3n) is 5.18. The highest BCUT2D eigenvalue weighted by molar-refractivity contribution is 7.89. The summed E-state index contributed by atoms with van der Waals surface area (Å²) in [5.74, 6) is -2.36. The fraction of sp³-hybridized carbons (Fsp3) is 0.227. The fourth-order valence-electron chi connectivity index (χ4n) is 3.33. The number of hydrogen-bond acceptors (Lipinski definition) is 8. The number of aromatic nitrogens is 3. The van der Waals surface area contributed by atoms with E-state index in [4.69, 9.17) is 4.74 Å². The van der Waals surface area contributed by atoms with Crippen LogP contribution < -0.4 is 5.32 Å². The summed E-state index contributed by atoms with van der Waals surface area (Å²) in [6.07, 6.45) is 1.35. The first-order valence-electron chi connectivity index (χ1n) is 10.3. The maximum Gasteiger partial charge on any atom is 0.338 e. The zero-order valence-corrected chi connectivity index (χ0v) is 18.9. The number of carbonyl (C=O) groups is 3. The van der Waals surface area contributed by atoms with Gasteiger partial charge >= 0.3 is 12.0 Å². The van der Waals surface area contributed by atoms with Crippen molar-refractivity contribution in [2.75, 3.05) is 6.54 Å². The largest absolute Gasteiger partial charge is 0.459 e. The molecule has 1 fully saturated rings. The minimum Gasteiger partial charge on any atom is -0.459 e. The number of nitrogens with one attached hydrogen (secondary N) is 1. The zero-order valence-electron chi connectivity index (χ0n) is 18.1. The molecule has 1 aromatic heterocycles. The van der Waals surface area contributed by atoms with Gasteiger partial charge < -0.3 is 4.74 Å². The molecule has 0 radical (unpaired) electrons. The Morgan fingerprint density at radius 1 is 1.12 bits per heavy atom. The fourth-order valence-corrected chi connectivity index (χ4v) is 4.67. The van der Waals surface area contributed by atoms with Crippen LogP contribution in [0.1, 0.15) is 22.7 Å². The normalized spacial score (nSPS) is 16.3. The van der Waals surface area contributed by atoms with Crippen molar-refractivity contribution in [3.63, 3.8) is 0 Å². The van der Waals surface area contributed by atoms with Crippen LogP contribution >= 0.6 is 0 Å². The second-order valence-electron chi connectivity index (χ2n) is 7.68. The summed E-state index contributed by atoms with van der Waals surface area (Å²) >= 11 is 0. The molecule has 2 heterocycles. The van der Waals surface area contributed by atoms with E-state index in [9.17, 15) is 22.8 Å². The molecule has 4 rings (SSSR count). The van der Waals surface area contributed by atoms with E-state index in [0.717, 1.165) is 11.1 Å². The van der Waals surface area contributed by atoms with E-state index in [-0.39, 0.29) is 23.7 Å². The van der Waals surface area contributed by atoms with E-state index in [0.29, 0.717) is 4.31 Å². The maximum atomic E-state index is 13.0. The van der Waals surface area contributed by atoms with Crippen molar-refractivity contribution in [1.29, 1.82) is 0 Å². The van der Waals surface area contributed by atoms with Crippen molar-refractivity contribution >= 4 is 27.9 Å². The summed E-state index contributed by atoms with van der Waals surface area (Å²) in [4.78, 5) is 36.8. The molecular weight excluding hydrogens is 462 g/mol. The van der Waals surface area contributed by atoms with Crippen LogP contribution in [0.5, 0.6) is 0 Å². The lowest BCUT2D eigenvalue weighted by atomic mass is 10.0. The highest BCUT2D eigenvalue weighted by Gasteiger charge is 2.41. The maximum absolute atomic E-state index is 13.0. The summed E-state index contributed by atoms with van der Waals surface area (Å²) in [5.41, 5.74) is 1.80. The first-order valence-corrected chi connectivity index (χ1v) is 11.7. The molecule has 12 heteroatoms. The Labute approximate surface area is 195 Å². The highest BCUT2D eigenvalue weighted by Crippen LogP contribution is 2.25. The molecule has 0 aliphatic carbocycles. The molecule has 34 heavy (non-hydrogen) atoms. The number of esters is 1. The molecule has 176 valence electrons. The molecule has 3 amide bonds. The molecular formula is C22H21N5O6S. The third kappa shape index (κ3) is 4.96. The van der Waals surface area contributed by atoms with Crippen molar-refractivity contribution in [2.24, 2.45) is 0 Å². The molecule has 1 aliphatic heterocycles. The van der Waals surface area contributed by atoms with Crippen molar-refractivity contribution in [2.45, 2.75) is 30.9 Å². The first kappa shape index (κ1) is 23.1. The van der Waals surface area contributed by atoms with Gasteiger partial charge in [-0.2, -0.15) is 0 Å². The number of amides is 3. The Morgan fingerprint density at radius 3 is 2.53 bits per heavy atom. The van der Waals surface area contributed by atoms with E-state index >= 15 is 0 Å². The quantitative estimate of drug-likeness (QED) is 0.497. The average Bonchev–Trinajstić information content (AvgIpc) is 3.26. The lowest BCUT2D eigenvalue weighted by Gasteiger charge is -2.30. The van der Waals surface area contributed by atoms with Crippen LogP contribution in [0.2, 0.25) is 0 Å². The molecule has 0 bridgehead atoms. The SMILES string of the molecule is Cc1ccc(S(=O)(=O)N2CC(c3cn(CC(=O)OCc4ccccc4)nn3)C(=O)NC2=O)cc1. The summed E-state index contributed by atoms with van der Waals surface area (Å²) in [6, 6.07) is 14.1. The first-order chi connectivity index (χ1) is 16.2. The molecule has 2 aromatic carbocycles. The van der Waals surface area contributed by atoms with E-state index in [2.05, 4.69) is 15.6 Å². The predicted molar refractivity (Wildman–Crippen MR) is 118 cm³/mol. The lowest BCUT2D eigenvalue weighted by Crippen LogP contribution is -2.55. The van der Waals surface area contributed by atoms with Gasteiger partial charge in [-0.1, -0.05) is 53.2 Å². The van der Waals surface area contributed by atoms with Crippen LogP contribution in [0.3, 0.4) is 0 Å². The molecule has 0 spiro atoms. The number of nitrogens with zero attached hydrogens (tertiary/aromatic N) is 4. The number of rotatable bonds is 7. The molecule has 1 N–H and O–H groups in total. The van der Waals surface area contributed by atoms with Gasteiger partial charge in [0.1, 0.15) is 19.1 Å². The van der Waals surface area contributed by atoms with Crippen LogP contribution in [-0.2, 0) is 37.5 Å². The third-order valence-corrected chi connectivity index (χ3v) is 6.94. The lowest BCUT2D eigenvalue weighted by molar-refractivity contribution is -0.145. The average molecular weight is 484 g/mol. The molecule has 3 aromatic rings. The van der Waals surface area contributed by atoms with Crippen molar-refractivity contribution < 1.29 is 27.5 Å². The second-order valence-corrected chi connectivity index (χ2v) is 9.55. The van der Waals surface area contributed by atoms with Crippen molar-refractivity contribution in [3.05, 3.63) is 77.6 Å². The number of imide groups is 1. The summed E-state index contributed by atoms with van der Waals surface area (Å²) < 4.78 is 32.9. The van der Waals surface area contributed by atoms with E-state index < -0.39 is 40.4 Å². The smallest absolute Gasteiger partial charge is 0.338 e. The number of sulfonamides is 1. The van der Waals surface area contributed by atoms with Gasteiger partial charge in [0.2, 0.25) is 5.91 Å². The van der Waals surface area contributed by atoms with Crippen LogP contribution in [0.25, 0.3) is 0 Å². The van der Waals surface area contributed by atoms with Crippen LogP contribution in [-0.4, -0.2) is 52.2 Å². The molecule has 1 aliphatic rings. The summed E-state index contributed by atoms with van der Waals surface area (Å²) in [6.45, 7) is 1.20. The van der Waals surface area contributed by atoms with Gasteiger partial charge in [-0.05, 0) is 24.6 Å². The molecule has 1 atom stereocenters. The number of benzene rings is 2. The highest BCUT2D eigenvalue weighted by atomic mass is 32.2.